The number of aromatic nitrogens is 1. The Morgan fingerprint density at radius 3 is 2.64 bits per heavy atom. The Kier molecular flexibility index (Phi) is 5.83. The zero-order valence-corrected chi connectivity index (χ0v) is 8.66. The van der Waals surface area contributed by atoms with Crippen LogP contribution in [0.2, 0.25) is 0 Å². The normalized spacial score (nSPS) is 11.3. The summed E-state index contributed by atoms with van der Waals surface area (Å²) in [6.45, 7) is 2.09. The van der Waals surface area contributed by atoms with Gasteiger partial charge < -0.3 is 10.5 Å². The first-order valence-corrected chi connectivity index (χ1v) is 4.08. The highest BCUT2D eigenvalue weighted by Gasteiger charge is 2.15. The van der Waals surface area contributed by atoms with Gasteiger partial charge in [0.05, 0.1) is 6.61 Å². The molecule has 1 unspecified atom stereocenters. The van der Waals surface area contributed by atoms with Crippen LogP contribution in [0.25, 0.3) is 0 Å². The van der Waals surface area contributed by atoms with Crippen LogP contribution in [-0.4, -0.2) is 17.6 Å². The molecule has 1 rings (SSSR count). The molecular formula is C9H13ClN2O2. The van der Waals surface area contributed by atoms with E-state index in [1.807, 2.05) is 0 Å². The lowest BCUT2D eigenvalue weighted by Crippen LogP contribution is -2.23. The van der Waals surface area contributed by atoms with Gasteiger partial charge in [0.2, 0.25) is 0 Å². The van der Waals surface area contributed by atoms with Gasteiger partial charge in [0.25, 0.3) is 0 Å². The standard InChI is InChI=1S/C9H12N2O2.ClH/c1-2-13-9(12)8(10)7-3-5-11-6-4-7;/h3-6,8H,2,10H2,1H3;1H. The molecule has 0 fully saturated rings. The van der Waals surface area contributed by atoms with Crippen molar-refractivity contribution in [1.29, 1.82) is 0 Å². The molecule has 0 aliphatic heterocycles. The molecule has 5 heteroatoms. The average Bonchev–Trinajstić information content (AvgIpc) is 2.18. The van der Waals surface area contributed by atoms with Gasteiger partial charge in [-0.05, 0) is 24.6 Å². The Hall–Kier alpha value is -1.13. The van der Waals surface area contributed by atoms with Crippen LogP contribution >= 0.6 is 12.4 Å². The maximum absolute atomic E-state index is 11.2. The monoisotopic (exact) mass is 216 g/mol. The summed E-state index contributed by atoms with van der Waals surface area (Å²) < 4.78 is 4.77. The number of carbonyl (C=O) groups excluding carboxylic acids is 1. The van der Waals surface area contributed by atoms with Gasteiger partial charge in [0.1, 0.15) is 6.04 Å². The number of hydrogen-bond donors (Lipinski definition) is 1. The number of carbonyl (C=O) groups is 1. The van der Waals surface area contributed by atoms with Crippen LogP contribution in [0.5, 0.6) is 0 Å². The average molecular weight is 217 g/mol. The van der Waals surface area contributed by atoms with Gasteiger partial charge in [-0.2, -0.15) is 0 Å². The number of pyridine rings is 1. The van der Waals surface area contributed by atoms with Crippen LogP contribution in [0.4, 0.5) is 0 Å². The fraction of sp³-hybridized carbons (Fsp3) is 0.333. The number of ether oxygens (including phenoxy) is 1. The maximum atomic E-state index is 11.2. The molecule has 0 radical (unpaired) electrons. The SMILES string of the molecule is CCOC(=O)C(N)c1ccncc1.Cl. The molecule has 0 saturated carbocycles. The van der Waals surface area contributed by atoms with Crippen LogP contribution in [-0.2, 0) is 9.53 Å². The van der Waals surface area contributed by atoms with Crippen LogP contribution in [0.3, 0.4) is 0 Å². The fourth-order valence-electron chi connectivity index (χ4n) is 0.939. The Labute approximate surface area is 88.9 Å². The number of nitrogens with two attached hydrogens (primary N) is 1. The van der Waals surface area contributed by atoms with E-state index in [1.54, 1.807) is 31.5 Å². The predicted octanol–water partition coefficient (Wildman–Crippen LogP) is 1.07. The van der Waals surface area contributed by atoms with Crippen LogP contribution in [0.1, 0.15) is 18.5 Å². The number of nitrogens with zero attached hydrogens (tertiary/aromatic N) is 1. The Morgan fingerprint density at radius 1 is 1.57 bits per heavy atom. The largest absolute Gasteiger partial charge is 0.465 e. The van der Waals surface area contributed by atoms with Gasteiger partial charge in [-0.1, -0.05) is 0 Å². The highest BCUT2D eigenvalue weighted by molar-refractivity contribution is 5.85. The van der Waals surface area contributed by atoms with Crippen LogP contribution in [0, 0.1) is 0 Å². The summed E-state index contributed by atoms with van der Waals surface area (Å²) in [5, 5.41) is 0. The molecule has 0 aliphatic carbocycles. The molecule has 1 aromatic rings. The van der Waals surface area contributed by atoms with E-state index in [0.717, 1.165) is 0 Å². The topological polar surface area (TPSA) is 65.2 Å². The minimum Gasteiger partial charge on any atom is -0.465 e. The van der Waals surface area contributed by atoms with Gasteiger partial charge in [-0.25, -0.2) is 4.79 Å². The van der Waals surface area contributed by atoms with Crippen molar-refractivity contribution in [1.82, 2.24) is 4.98 Å². The van der Waals surface area contributed by atoms with E-state index in [4.69, 9.17) is 10.5 Å². The first-order valence-electron chi connectivity index (χ1n) is 4.08. The number of esters is 1. The molecule has 78 valence electrons. The Morgan fingerprint density at radius 2 is 2.14 bits per heavy atom. The van der Waals surface area contributed by atoms with Gasteiger partial charge in [0, 0.05) is 12.4 Å². The van der Waals surface area contributed by atoms with Gasteiger partial charge >= 0.3 is 5.97 Å². The Balaban J connectivity index is 0.00000169. The first-order chi connectivity index (χ1) is 6.25. The Bertz CT molecular complexity index is 279. The van der Waals surface area contributed by atoms with E-state index < -0.39 is 12.0 Å². The second-order valence-electron chi connectivity index (χ2n) is 2.51. The summed E-state index contributed by atoms with van der Waals surface area (Å²) in [6, 6.07) is 2.69. The molecule has 0 spiro atoms. The van der Waals surface area contributed by atoms with E-state index >= 15 is 0 Å². The van der Waals surface area contributed by atoms with E-state index in [0.29, 0.717) is 12.2 Å². The molecule has 4 nitrogen and oxygen atoms in total. The van der Waals surface area contributed by atoms with Crippen LogP contribution in [0.15, 0.2) is 24.5 Å². The van der Waals surface area contributed by atoms with Crippen molar-refractivity contribution >= 4 is 18.4 Å². The minimum atomic E-state index is -0.706. The quantitative estimate of drug-likeness (QED) is 0.768. The van der Waals surface area contributed by atoms with Crippen molar-refractivity contribution in [2.24, 2.45) is 5.73 Å². The van der Waals surface area contributed by atoms with Crippen molar-refractivity contribution in [2.75, 3.05) is 6.61 Å². The van der Waals surface area contributed by atoms with E-state index in [9.17, 15) is 4.79 Å². The summed E-state index contributed by atoms with van der Waals surface area (Å²) >= 11 is 0. The zero-order chi connectivity index (χ0) is 9.68. The summed E-state index contributed by atoms with van der Waals surface area (Å²) in [5.41, 5.74) is 6.34. The fourth-order valence-corrected chi connectivity index (χ4v) is 0.939. The van der Waals surface area contributed by atoms with E-state index in [2.05, 4.69) is 4.98 Å². The van der Waals surface area contributed by atoms with E-state index in [-0.39, 0.29) is 12.4 Å². The third kappa shape index (κ3) is 3.32. The molecule has 1 aromatic heterocycles. The van der Waals surface area contributed by atoms with Crippen molar-refractivity contribution in [3.05, 3.63) is 30.1 Å². The van der Waals surface area contributed by atoms with E-state index in [1.165, 1.54) is 0 Å². The summed E-state index contributed by atoms with van der Waals surface area (Å²) in [4.78, 5) is 15.0. The third-order valence-electron chi connectivity index (χ3n) is 1.61. The zero-order valence-electron chi connectivity index (χ0n) is 7.84. The van der Waals surface area contributed by atoms with Crippen molar-refractivity contribution in [3.8, 4) is 0 Å². The second kappa shape index (κ2) is 6.34. The molecule has 1 atom stereocenters. The minimum absolute atomic E-state index is 0. The molecule has 0 saturated heterocycles. The molecule has 0 amide bonds. The first kappa shape index (κ1) is 12.9. The molecular weight excluding hydrogens is 204 g/mol. The van der Waals surface area contributed by atoms with Crippen molar-refractivity contribution < 1.29 is 9.53 Å². The number of rotatable bonds is 3. The molecule has 0 bridgehead atoms. The summed E-state index contributed by atoms with van der Waals surface area (Å²) in [6.07, 6.45) is 3.18. The molecule has 1 heterocycles. The van der Waals surface area contributed by atoms with Crippen molar-refractivity contribution in [2.45, 2.75) is 13.0 Å². The lowest BCUT2D eigenvalue weighted by Gasteiger charge is -2.09. The highest BCUT2D eigenvalue weighted by atomic mass is 35.5. The second-order valence-corrected chi connectivity index (χ2v) is 2.51. The molecule has 2 N–H and O–H groups in total. The lowest BCUT2D eigenvalue weighted by molar-refractivity contribution is -0.144. The smallest absolute Gasteiger partial charge is 0.327 e. The van der Waals surface area contributed by atoms with Gasteiger partial charge in [0.15, 0.2) is 0 Å². The third-order valence-corrected chi connectivity index (χ3v) is 1.61. The van der Waals surface area contributed by atoms with Crippen LogP contribution < -0.4 is 5.73 Å². The molecule has 0 aliphatic rings. The van der Waals surface area contributed by atoms with Crippen molar-refractivity contribution in [3.63, 3.8) is 0 Å². The molecule has 14 heavy (non-hydrogen) atoms. The molecule has 0 aromatic carbocycles. The van der Waals surface area contributed by atoms with Gasteiger partial charge in [-0.15, -0.1) is 12.4 Å². The maximum Gasteiger partial charge on any atom is 0.327 e. The summed E-state index contributed by atoms with van der Waals surface area (Å²) in [7, 11) is 0. The number of halogens is 1. The van der Waals surface area contributed by atoms with Gasteiger partial charge in [-0.3, -0.25) is 4.98 Å². The lowest BCUT2D eigenvalue weighted by atomic mass is 10.1. The number of hydrogen-bond acceptors (Lipinski definition) is 4. The summed E-state index contributed by atoms with van der Waals surface area (Å²) in [5.74, 6) is -0.409. The highest BCUT2D eigenvalue weighted by Crippen LogP contribution is 2.09. The predicted molar refractivity (Wildman–Crippen MR) is 55.0 cm³/mol.